The summed E-state index contributed by atoms with van der Waals surface area (Å²) in [5.74, 6) is -0.925. The number of rotatable bonds is 8. The first-order chi connectivity index (χ1) is 7.00. The van der Waals surface area contributed by atoms with Crippen LogP contribution < -0.4 is 5.32 Å². The molecular formula is C10H21NO4. The molecule has 2 atom stereocenters. The summed E-state index contributed by atoms with van der Waals surface area (Å²) in [6.07, 6.45) is 1.06. The molecule has 0 aliphatic heterocycles. The van der Waals surface area contributed by atoms with Crippen molar-refractivity contribution >= 4 is 5.97 Å². The highest BCUT2D eigenvalue weighted by Gasteiger charge is 2.34. The van der Waals surface area contributed by atoms with Gasteiger partial charge in [-0.2, -0.15) is 0 Å². The maximum Gasteiger partial charge on any atom is 0.323 e. The Morgan fingerprint density at radius 2 is 2.20 bits per heavy atom. The SMILES string of the molecule is CCC(CO)NC(C)(CCOC)C(=O)O. The number of methoxy groups -OCH3 is 1. The quantitative estimate of drug-likeness (QED) is 0.544. The zero-order valence-electron chi connectivity index (χ0n) is 9.62. The number of carboxylic acid groups (broad SMARTS) is 1. The second-order valence-electron chi connectivity index (χ2n) is 3.81. The Bertz CT molecular complexity index is 194. The fraction of sp³-hybridized carbons (Fsp3) is 0.900. The minimum atomic E-state index is -1.04. The minimum absolute atomic E-state index is 0.0631. The van der Waals surface area contributed by atoms with Crippen molar-refractivity contribution in [2.24, 2.45) is 0 Å². The summed E-state index contributed by atoms with van der Waals surface area (Å²) in [5, 5.41) is 21.0. The predicted molar refractivity (Wildman–Crippen MR) is 56.8 cm³/mol. The second-order valence-corrected chi connectivity index (χ2v) is 3.81. The predicted octanol–water partition coefficient (Wildman–Crippen LogP) is 0.227. The van der Waals surface area contributed by atoms with E-state index in [0.717, 1.165) is 0 Å². The maximum absolute atomic E-state index is 11.1. The van der Waals surface area contributed by atoms with Gasteiger partial charge < -0.3 is 14.9 Å². The number of hydrogen-bond donors (Lipinski definition) is 3. The molecule has 0 aliphatic rings. The van der Waals surface area contributed by atoms with Gasteiger partial charge in [0.2, 0.25) is 0 Å². The molecule has 3 N–H and O–H groups in total. The number of aliphatic hydroxyl groups is 1. The van der Waals surface area contributed by atoms with E-state index in [1.54, 1.807) is 6.92 Å². The van der Waals surface area contributed by atoms with Gasteiger partial charge in [-0.3, -0.25) is 10.1 Å². The number of aliphatic hydroxyl groups excluding tert-OH is 1. The fourth-order valence-corrected chi connectivity index (χ4v) is 1.27. The molecular weight excluding hydrogens is 198 g/mol. The van der Waals surface area contributed by atoms with Crippen LogP contribution in [0.4, 0.5) is 0 Å². The summed E-state index contributed by atoms with van der Waals surface area (Å²) >= 11 is 0. The first-order valence-electron chi connectivity index (χ1n) is 5.11. The van der Waals surface area contributed by atoms with Crippen LogP contribution in [0, 0.1) is 0 Å². The summed E-state index contributed by atoms with van der Waals surface area (Å²) < 4.78 is 4.87. The molecule has 0 aromatic carbocycles. The third-order valence-electron chi connectivity index (χ3n) is 2.51. The molecule has 90 valence electrons. The lowest BCUT2D eigenvalue weighted by Gasteiger charge is -2.30. The van der Waals surface area contributed by atoms with Crippen LogP contribution in [0.15, 0.2) is 0 Å². The number of aliphatic carboxylic acids is 1. The molecule has 0 bridgehead atoms. The molecule has 0 amide bonds. The zero-order valence-corrected chi connectivity index (χ0v) is 9.62. The Morgan fingerprint density at radius 3 is 2.53 bits per heavy atom. The van der Waals surface area contributed by atoms with Gasteiger partial charge in [0.25, 0.3) is 0 Å². The molecule has 0 aliphatic carbocycles. The van der Waals surface area contributed by atoms with Crippen molar-refractivity contribution in [2.45, 2.75) is 38.3 Å². The highest BCUT2D eigenvalue weighted by molar-refractivity contribution is 5.78. The van der Waals surface area contributed by atoms with E-state index in [4.69, 9.17) is 14.9 Å². The second kappa shape index (κ2) is 6.76. The molecule has 0 aromatic heterocycles. The third-order valence-corrected chi connectivity index (χ3v) is 2.51. The van der Waals surface area contributed by atoms with E-state index < -0.39 is 11.5 Å². The maximum atomic E-state index is 11.1. The molecule has 0 spiro atoms. The van der Waals surface area contributed by atoms with Gasteiger partial charge in [0.1, 0.15) is 5.54 Å². The minimum Gasteiger partial charge on any atom is -0.480 e. The van der Waals surface area contributed by atoms with E-state index in [9.17, 15) is 4.79 Å². The first-order valence-corrected chi connectivity index (χ1v) is 5.11. The summed E-state index contributed by atoms with van der Waals surface area (Å²) in [6, 6.07) is -0.192. The van der Waals surface area contributed by atoms with Gasteiger partial charge in [-0.15, -0.1) is 0 Å². The number of carbonyl (C=O) groups is 1. The molecule has 2 unspecified atom stereocenters. The van der Waals surface area contributed by atoms with E-state index in [2.05, 4.69) is 5.32 Å². The van der Waals surface area contributed by atoms with Crippen molar-refractivity contribution < 1.29 is 19.7 Å². The topological polar surface area (TPSA) is 78.8 Å². The summed E-state index contributed by atoms with van der Waals surface area (Å²) in [4.78, 5) is 11.1. The smallest absolute Gasteiger partial charge is 0.323 e. The van der Waals surface area contributed by atoms with Crippen LogP contribution in [0.2, 0.25) is 0 Å². The lowest BCUT2D eigenvalue weighted by molar-refractivity contribution is -0.145. The van der Waals surface area contributed by atoms with Crippen LogP contribution >= 0.6 is 0 Å². The lowest BCUT2D eigenvalue weighted by Crippen LogP contribution is -2.55. The number of hydrogen-bond acceptors (Lipinski definition) is 4. The van der Waals surface area contributed by atoms with Crippen molar-refractivity contribution in [3.8, 4) is 0 Å². The Kier molecular flexibility index (Phi) is 6.47. The average molecular weight is 219 g/mol. The van der Waals surface area contributed by atoms with Crippen molar-refractivity contribution in [3.05, 3.63) is 0 Å². The van der Waals surface area contributed by atoms with Crippen LogP contribution in [-0.4, -0.2) is 48.1 Å². The van der Waals surface area contributed by atoms with Crippen molar-refractivity contribution in [1.82, 2.24) is 5.32 Å². The van der Waals surface area contributed by atoms with Gasteiger partial charge in [-0.05, 0) is 19.8 Å². The number of carboxylic acids is 1. The molecule has 0 saturated carbocycles. The number of nitrogens with one attached hydrogen (secondary N) is 1. The fourth-order valence-electron chi connectivity index (χ4n) is 1.27. The van der Waals surface area contributed by atoms with Crippen LogP contribution in [0.3, 0.4) is 0 Å². The molecule has 0 heterocycles. The van der Waals surface area contributed by atoms with Crippen molar-refractivity contribution in [1.29, 1.82) is 0 Å². The van der Waals surface area contributed by atoms with Gasteiger partial charge >= 0.3 is 5.97 Å². The molecule has 5 nitrogen and oxygen atoms in total. The number of ether oxygens (including phenoxy) is 1. The monoisotopic (exact) mass is 219 g/mol. The molecule has 0 saturated heterocycles. The summed E-state index contributed by atoms with van der Waals surface area (Å²) in [5.41, 5.74) is -1.04. The Balaban J connectivity index is 4.42. The van der Waals surface area contributed by atoms with E-state index in [-0.39, 0.29) is 12.6 Å². The highest BCUT2D eigenvalue weighted by atomic mass is 16.5. The average Bonchev–Trinajstić information content (AvgIpc) is 2.22. The summed E-state index contributed by atoms with van der Waals surface area (Å²) in [6.45, 7) is 3.81. The van der Waals surface area contributed by atoms with Gasteiger partial charge in [-0.1, -0.05) is 6.92 Å². The van der Waals surface area contributed by atoms with Gasteiger partial charge in [0, 0.05) is 19.8 Å². The Hall–Kier alpha value is -0.650. The van der Waals surface area contributed by atoms with E-state index in [0.29, 0.717) is 19.4 Å². The molecule has 0 aromatic rings. The van der Waals surface area contributed by atoms with E-state index in [1.807, 2.05) is 6.92 Å². The first kappa shape index (κ1) is 14.3. The largest absolute Gasteiger partial charge is 0.480 e. The molecule has 15 heavy (non-hydrogen) atoms. The van der Waals surface area contributed by atoms with Crippen LogP contribution in [-0.2, 0) is 9.53 Å². The van der Waals surface area contributed by atoms with Crippen LogP contribution in [0.1, 0.15) is 26.7 Å². The summed E-state index contributed by atoms with van der Waals surface area (Å²) in [7, 11) is 1.53. The Morgan fingerprint density at radius 1 is 1.60 bits per heavy atom. The Labute approximate surface area is 90.4 Å². The van der Waals surface area contributed by atoms with E-state index in [1.165, 1.54) is 7.11 Å². The normalized spacial score (nSPS) is 17.1. The van der Waals surface area contributed by atoms with E-state index >= 15 is 0 Å². The standard InChI is InChI=1S/C10H21NO4/c1-4-8(7-12)11-10(2,9(13)14)5-6-15-3/h8,11-12H,4-7H2,1-3H3,(H,13,14). The van der Waals surface area contributed by atoms with Gasteiger partial charge in [0.05, 0.1) is 6.61 Å². The van der Waals surface area contributed by atoms with Crippen molar-refractivity contribution in [3.63, 3.8) is 0 Å². The van der Waals surface area contributed by atoms with Crippen LogP contribution in [0.5, 0.6) is 0 Å². The molecule has 5 heteroatoms. The molecule has 0 radical (unpaired) electrons. The van der Waals surface area contributed by atoms with Gasteiger partial charge in [-0.25, -0.2) is 0 Å². The lowest BCUT2D eigenvalue weighted by atomic mass is 9.96. The third kappa shape index (κ3) is 4.59. The van der Waals surface area contributed by atoms with Crippen molar-refractivity contribution in [2.75, 3.05) is 20.3 Å². The molecule has 0 rings (SSSR count). The molecule has 0 fully saturated rings. The zero-order chi connectivity index (χ0) is 11.9. The highest BCUT2D eigenvalue weighted by Crippen LogP contribution is 2.12. The van der Waals surface area contributed by atoms with Gasteiger partial charge in [0.15, 0.2) is 0 Å². The van der Waals surface area contributed by atoms with Crippen LogP contribution in [0.25, 0.3) is 0 Å².